The van der Waals surface area contributed by atoms with E-state index in [9.17, 15) is 0 Å². The number of rotatable bonds is 4. The zero-order valence-electron chi connectivity index (χ0n) is 11.6. The molecule has 108 valence electrons. The van der Waals surface area contributed by atoms with Gasteiger partial charge in [-0.2, -0.15) is 0 Å². The van der Waals surface area contributed by atoms with Crippen molar-refractivity contribution in [2.24, 2.45) is 0 Å². The molecule has 2 aromatic heterocycles. The summed E-state index contributed by atoms with van der Waals surface area (Å²) in [6, 6.07) is 7.73. The van der Waals surface area contributed by atoms with Crippen LogP contribution in [0.2, 0.25) is 5.02 Å². The van der Waals surface area contributed by atoms with Gasteiger partial charge in [0, 0.05) is 11.6 Å². The van der Waals surface area contributed by atoms with Crippen molar-refractivity contribution in [2.45, 2.75) is 18.6 Å². The molecule has 0 bridgehead atoms. The summed E-state index contributed by atoms with van der Waals surface area (Å²) in [5.41, 5.74) is 2.65. The SMILES string of the molecule is CSc1nc(NCc2ccc(Cl)cc2)c2[nH]c(C)nc2n1. The van der Waals surface area contributed by atoms with Gasteiger partial charge in [-0.05, 0) is 30.9 Å². The molecule has 0 unspecified atom stereocenters. The number of imidazole rings is 1. The van der Waals surface area contributed by atoms with Gasteiger partial charge in [0.05, 0.1) is 0 Å². The molecule has 0 amide bonds. The summed E-state index contributed by atoms with van der Waals surface area (Å²) < 4.78 is 0. The Hall–Kier alpha value is -1.79. The van der Waals surface area contributed by atoms with Gasteiger partial charge >= 0.3 is 0 Å². The number of anilines is 1. The first-order valence-electron chi connectivity index (χ1n) is 6.42. The van der Waals surface area contributed by atoms with Crippen molar-refractivity contribution < 1.29 is 0 Å². The van der Waals surface area contributed by atoms with E-state index in [2.05, 4.69) is 25.3 Å². The van der Waals surface area contributed by atoms with Crippen LogP contribution >= 0.6 is 23.4 Å². The van der Waals surface area contributed by atoms with Crippen LogP contribution < -0.4 is 5.32 Å². The molecule has 0 aliphatic rings. The van der Waals surface area contributed by atoms with Crippen molar-refractivity contribution in [1.82, 2.24) is 19.9 Å². The van der Waals surface area contributed by atoms with E-state index in [0.717, 1.165) is 27.7 Å². The lowest BCUT2D eigenvalue weighted by atomic mass is 10.2. The molecule has 0 saturated heterocycles. The van der Waals surface area contributed by atoms with E-state index in [4.69, 9.17) is 11.6 Å². The van der Waals surface area contributed by atoms with E-state index in [1.165, 1.54) is 11.8 Å². The molecule has 0 fully saturated rings. The summed E-state index contributed by atoms with van der Waals surface area (Å²) in [5, 5.41) is 4.77. The second-order valence-corrected chi connectivity index (χ2v) is 5.77. The monoisotopic (exact) mass is 319 g/mol. The van der Waals surface area contributed by atoms with Gasteiger partial charge in [-0.1, -0.05) is 35.5 Å². The molecule has 5 nitrogen and oxygen atoms in total. The predicted molar refractivity (Wildman–Crippen MR) is 87.0 cm³/mol. The molecular weight excluding hydrogens is 306 g/mol. The van der Waals surface area contributed by atoms with Crippen LogP contribution in [0, 0.1) is 6.92 Å². The largest absolute Gasteiger partial charge is 0.364 e. The smallest absolute Gasteiger partial charge is 0.191 e. The Labute approximate surface area is 131 Å². The summed E-state index contributed by atoms with van der Waals surface area (Å²) in [7, 11) is 0. The van der Waals surface area contributed by atoms with Gasteiger partial charge < -0.3 is 10.3 Å². The Bertz CT molecular complexity index is 769. The topological polar surface area (TPSA) is 66.5 Å². The quantitative estimate of drug-likeness (QED) is 0.567. The number of aryl methyl sites for hydroxylation is 1. The molecule has 0 aliphatic carbocycles. The molecule has 21 heavy (non-hydrogen) atoms. The summed E-state index contributed by atoms with van der Waals surface area (Å²) in [6.45, 7) is 2.57. The van der Waals surface area contributed by atoms with Crippen LogP contribution in [0.5, 0.6) is 0 Å². The Morgan fingerprint density at radius 1 is 1.19 bits per heavy atom. The zero-order valence-corrected chi connectivity index (χ0v) is 13.2. The summed E-state index contributed by atoms with van der Waals surface area (Å²) in [5.74, 6) is 1.59. The number of aromatic amines is 1. The number of benzene rings is 1. The van der Waals surface area contributed by atoms with Crippen LogP contribution in [0.15, 0.2) is 29.4 Å². The average Bonchev–Trinajstić information content (AvgIpc) is 2.86. The van der Waals surface area contributed by atoms with Crippen LogP contribution in [0.25, 0.3) is 11.2 Å². The Morgan fingerprint density at radius 3 is 2.67 bits per heavy atom. The number of halogens is 1. The van der Waals surface area contributed by atoms with E-state index in [1.807, 2.05) is 37.4 Å². The van der Waals surface area contributed by atoms with Gasteiger partial charge in [0.25, 0.3) is 0 Å². The molecule has 1 aromatic carbocycles. The molecule has 3 rings (SSSR count). The number of aromatic nitrogens is 4. The Balaban J connectivity index is 1.90. The first kappa shape index (κ1) is 14.2. The molecule has 3 aromatic rings. The molecule has 0 saturated carbocycles. The maximum atomic E-state index is 5.89. The fourth-order valence-electron chi connectivity index (χ4n) is 2.00. The minimum atomic E-state index is 0.662. The lowest BCUT2D eigenvalue weighted by molar-refractivity contribution is 0.979. The number of H-pyrrole nitrogens is 1. The Morgan fingerprint density at radius 2 is 1.95 bits per heavy atom. The van der Waals surface area contributed by atoms with Crippen LogP contribution in [-0.2, 0) is 6.54 Å². The maximum Gasteiger partial charge on any atom is 0.191 e. The minimum Gasteiger partial charge on any atom is -0.364 e. The third-order valence-electron chi connectivity index (χ3n) is 3.00. The van der Waals surface area contributed by atoms with Crippen LogP contribution in [0.3, 0.4) is 0 Å². The second kappa shape index (κ2) is 5.91. The number of thioether (sulfide) groups is 1. The van der Waals surface area contributed by atoms with Crippen LogP contribution in [-0.4, -0.2) is 26.2 Å². The molecule has 0 spiro atoms. The Kier molecular flexibility index (Phi) is 3.98. The third-order valence-corrected chi connectivity index (χ3v) is 3.80. The average molecular weight is 320 g/mol. The van der Waals surface area contributed by atoms with Gasteiger partial charge in [-0.3, -0.25) is 0 Å². The van der Waals surface area contributed by atoms with Crippen molar-refractivity contribution in [1.29, 1.82) is 0 Å². The lowest BCUT2D eigenvalue weighted by Crippen LogP contribution is -2.03. The van der Waals surface area contributed by atoms with Crippen molar-refractivity contribution >= 4 is 40.3 Å². The molecular formula is C14H14ClN5S. The number of nitrogens with zero attached hydrogens (tertiary/aromatic N) is 3. The molecule has 0 radical (unpaired) electrons. The van der Waals surface area contributed by atoms with Crippen LogP contribution in [0.4, 0.5) is 5.82 Å². The minimum absolute atomic E-state index is 0.662. The molecule has 0 aliphatic heterocycles. The highest BCUT2D eigenvalue weighted by atomic mass is 35.5. The number of nitrogens with one attached hydrogen (secondary N) is 2. The fraction of sp³-hybridized carbons (Fsp3) is 0.214. The van der Waals surface area contributed by atoms with Crippen molar-refractivity contribution in [3.05, 3.63) is 40.7 Å². The van der Waals surface area contributed by atoms with E-state index >= 15 is 0 Å². The highest BCUT2D eigenvalue weighted by Gasteiger charge is 2.10. The fourth-order valence-corrected chi connectivity index (χ4v) is 2.49. The third kappa shape index (κ3) is 3.11. The van der Waals surface area contributed by atoms with Crippen molar-refractivity contribution in [3.8, 4) is 0 Å². The van der Waals surface area contributed by atoms with Gasteiger partial charge in [-0.15, -0.1) is 0 Å². The standard InChI is InChI=1S/C14H14ClN5S/c1-8-17-11-12(19-14(21-2)20-13(11)18-8)16-7-9-3-5-10(15)6-4-9/h3-6H,7H2,1-2H3,(H2,16,17,18,19,20). The van der Waals surface area contributed by atoms with Gasteiger partial charge in [0.2, 0.25) is 0 Å². The van der Waals surface area contributed by atoms with Gasteiger partial charge in [0.1, 0.15) is 11.3 Å². The normalized spacial score (nSPS) is 11.0. The summed E-state index contributed by atoms with van der Waals surface area (Å²) in [4.78, 5) is 16.5. The van der Waals surface area contributed by atoms with Gasteiger partial charge in [0.15, 0.2) is 16.6 Å². The van der Waals surface area contributed by atoms with Gasteiger partial charge in [-0.25, -0.2) is 15.0 Å². The number of hydrogen-bond acceptors (Lipinski definition) is 5. The highest BCUT2D eigenvalue weighted by molar-refractivity contribution is 7.98. The zero-order chi connectivity index (χ0) is 14.8. The first-order chi connectivity index (χ1) is 10.2. The van der Waals surface area contributed by atoms with E-state index < -0.39 is 0 Å². The first-order valence-corrected chi connectivity index (χ1v) is 8.02. The summed E-state index contributed by atoms with van der Waals surface area (Å²) >= 11 is 7.39. The number of hydrogen-bond donors (Lipinski definition) is 2. The molecule has 0 atom stereocenters. The van der Waals surface area contributed by atoms with Crippen molar-refractivity contribution in [2.75, 3.05) is 11.6 Å². The molecule has 2 N–H and O–H groups in total. The molecule has 7 heteroatoms. The van der Waals surface area contributed by atoms with E-state index in [-0.39, 0.29) is 0 Å². The number of fused-ring (bicyclic) bond motifs is 1. The highest BCUT2D eigenvalue weighted by Crippen LogP contribution is 2.22. The van der Waals surface area contributed by atoms with Crippen LogP contribution in [0.1, 0.15) is 11.4 Å². The summed E-state index contributed by atoms with van der Waals surface area (Å²) in [6.07, 6.45) is 1.95. The molecule has 2 heterocycles. The second-order valence-electron chi connectivity index (χ2n) is 4.56. The maximum absolute atomic E-state index is 5.89. The van der Waals surface area contributed by atoms with E-state index in [1.54, 1.807) is 0 Å². The predicted octanol–water partition coefficient (Wildman–Crippen LogP) is 3.65. The van der Waals surface area contributed by atoms with Crippen molar-refractivity contribution in [3.63, 3.8) is 0 Å². The lowest BCUT2D eigenvalue weighted by Gasteiger charge is -2.07. The van der Waals surface area contributed by atoms with E-state index in [0.29, 0.717) is 17.3 Å².